The SMILES string of the molecule is CCC(C)NCC(=O)N(CC(=O)N(CC(=O)N(CC(=O)N(CC(=O)N(CC(=O)N(CC(=O)N(CC(=O)N(CC(=O)N(CC(=O)N(CC(=O)N(CC(=O)N(CC(=O)N(CC(=O)N(CC(=O)N(CC(N)=O)CC(C)O)C(C)CC)C(C)CC)C(C)CC)CC(C)O)CC(C)O)CC(C)O)C(C)CC)C(C)CC)C(C)CC)CC(C)O)CC(C)O)CC(C)O)C(C)CC)C(C)CC. The zero-order chi connectivity index (χ0) is 99.5. The van der Waals surface area contributed by atoms with Crippen LogP contribution in [-0.2, 0) is 76.7 Å². The fourth-order valence-electron chi connectivity index (χ4n) is 13.9. The molecule has 0 aromatic rings. The van der Waals surface area contributed by atoms with Gasteiger partial charge in [-0.05, 0) is 169 Å². The van der Waals surface area contributed by atoms with E-state index >= 15 is 0 Å². The summed E-state index contributed by atoms with van der Waals surface area (Å²) in [5.41, 5.74) is 5.41. The lowest BCUT2D eigenvalue weighted by Crippen LogP contribution is -2.57. The van der Waals surface area contributed by atoms with Crippen LogP contribution >= 0.6 is 0 Å². The van der Waals surface area contributed by atoms with Crippen molar-refractivity contribution in [3.8, 4) is 0 Å². The molecule has 0 heterocycles. The number of nitrogens with zero attached hydrogens (tertiary/aromatic N) is 15. The number of aliphatic hydroxyl groups is 7. The number of aliphatic hydroxyl groups excluding tert-OH is 7. The molecule has 40 nitrogen and oxygen atoms in total. The Morgan fingerprint density at radius 3 is 0.481 bits per heavy atom. The largest absolute Gasteiger partial charge is 0.392 e. The van der Waals surface area contributed by atoms with Crippen molar-refractivity contribution in [2.75, 3.05) is 151 Å². The maximum absolute atomic E-state index is 15.0. The number of hydrogen-bond acceptors (Lipinski definition) is 24. The van der Waals surface area contributed by atoms with Gasteiger partial charge in [0.05, 0.1) is 95.1 Å². The Bertz CT molecular complexity index is 3540. The minimum Gasteiger partial charge on any atom is -0.392 e. The Morgan fingerprint density at radius 2 is 0.333 bits per heavy atom. The molecule has 744 valence electrons. The second-order valence-corrected chi connectivity index (χ2v) is 35.3. The van der Waals surface area contributed by atoms with Crippen LogP contribution in [-0.4, -0.2) is 451 Å². The number of primary amides is 1. The number of nitrogens with one attached hydrogen (secondary N) is 1. The fourth-order valence-corrected chi connectivity index (χ4v) is 13.9. The van der Waals surface area contributed by atoms with Crippen molar-refractivity contribution in [1.82, 2.24) is 78.8 Å². The first kappa shape index (κ1) is 120. The van der Waals surface area contributed by atoms with Gasteiger partial charge in [-0.25, -0.2) is 0 Å². The first-order chi connectivity index (χ1) is 60.1. The molecule has 0 aliphatic carbocycles. The standard InChI is InChI=1S/C89H165N17O23/c1-26-58(10)91-35-75(115)99(59(11)27-2)53-85(125)101(61(13)29-4)51-81(121)95(39-70(22)110)46-76(116)93(37-68(20)108)44-78(118)98(42-73(25)113)49-84(124)104(64(16)32-7)55-89(129)106(66(18)34-9)57-87(127)102(62(14)30-5)52-82(122)96(40-71(23)111)47-77(117)94(38-69(21)109)45-79(119)97(41-72(24)112)48-83(123)103(63(15)31-6)54-88(128)105(65(17)33-8)56-86(126)100(60(12)28-3)50-80(120)92(36-67(19)107)43-74(90)114/h58-73,91,107-113H,26-57H2,1-25H3,(H2,90,114). The molecule has 0 aliphatic rings. The quantitative estimate of drug-likeness (QED) is 0.0365. The van der Waals surface area contributed by atoms with Crippen LogP contribution in [0.1, 0.15) is 231 Å². The number of carbonyl (C=O) groups is 16. The van der Waals surface area contributed by atoms with Crippen molar-refractivity contribution in [2.24, 2.45) is 5.73 Å². The van der Waals surface area contributed by atoms with E-state index in [0.29, 0.717) is 32.1 Å². The topological polar surface area (TPSA) is 501 Å². The Labute approximate surface area is 766 Å². The van der Waals surface area contributed by atoms with Crippen LogP contribution in [0.3, 0.4) is 0 Å². The minimum atomic E-state index is -1.30. The highest BCUT2D eigenvalue weighted by Crippen LogP contribution is 2.20. The van der Waals surface area contributed by atoms with Crippen molar-refractivity contribution in [3.63, 3.8) is 0 Å². The normalized spacial score (nSPS) is 15.1. The third-order valence-electron chi connectivity index (χ3n) is 23.4. The van der Waals surface area contributed by atoms with E-state index in [1.807, 2.05) is 34.6 Å². The Balaban J connectivity index is 7.35. The van der Waals surface area contributed by atoms with E-state index < -0.39 is 305 Å². The van der Waals surface area contributed by atoms with Crippen LogP contribution < -0.4 is 11.1 Å². The predicted molar refractivity (Wildman–Crippen MR) is 487 cm³/mol. The summed E-state index contributed by atoms with van der Waals surface area (Å²) in [7, 11) is 0. The maximum atomic E-state index is 15.0. The van der Waals surface area contributed by atoms with Crippen LogP contribution in [0, 0.1) is 0 Å². The van der Waals surface area contributed by atoms with E-state index in [1.54, 1.807) is 90.0 Å². The fraction of sp³-hybridized carbons (Fsp3) is 0.820. The molecule has 0 spiro atoms. The van der Waals surface area contributed by atoms with Crippen molar-refractivity contribution in [3.05, 3.63) is 0 Å². The number of rotatable bonds is 64. The van der Waals surface area contributed by atoms with E-state index in [0.717, 1.165) is 40.7 Å². The summed E-state index contributed by atoms with van der Waals surface area (Å²) in [5.74, 6) is -11.9. The van der Waals surface area contributed by atoms with Gasteiger partial charge in [0.2, 0.25) is 94.5 Å². The highest BCUT2D eigenvalue weighted by atomic mass is 16.3. The van der Waals surface area contributed by atoms with Crippen LogP contribution in [0.5, 0.6) is 0 Å². The molecule has 0 radical (unpaired) electrons. The molecule has 0 aromatic carbocycles. The molecule has 16 unspecified atom stereocenters. The van der Waals surface area contributed by atoms with Gasteiger partial charge < -0.3 is 120 Å². The number of amides is 16. The van der Waals surface area contributed by atoms with Crippen LogP contribution in [0.4, 0.5) is 0 Å². The molecular formula is C89H165N17O23. The monoisotopic (exact) mass is 1840 g/mol. The Hall–Kier alpha value is -8.80. The van der Waals surface area contributed by atoms with Gasteiger partial charge >= 0.3 is 0 Å². The van der Waals surface area contributed by atoms with E-state index in [2.05, 4.69) is 5.32 Å². The van der Waals surface area contributed by atoms with Crippen molar-refractivity contribution in [2.45, 2.75) is 328 Å². The highest BCUT2D eigenvalue weighted by Gasteiger charge is 2.40. The summed E-state index contributed by atoms with van der Waals surface area (Å²) >= 11 is 0. The molecule has 10 N–H and O–H groups in total. The van der Waals surface area contributed by atoms with Crippen LogP contribution in [0.15, 0.2) is 0 Å². The number of carbonyl (C=O) groups excluding carboxylic acids is 16. The second-order valence-electron chi connectivity index (χ2n) is 35.3. The van der Waals surface area contributed by atoms with Gasteiger partial charge in [-0.15, -0.1) is 0 Å². The van der Waals surface area contributed by atoms with E-state index in [1.165, 1.54) is 87.7 Å². The summed E-state index contributed by atoms with van der Waals surface area (Å²) in [6.07, 6.45) is -5.11. The lowest BCUT2D eigenvalue weighted by molar-refractivity contribution is -0.152. The molecule has 0 fully saturated rings. The molecule has 0 aromatic heterocycles. The molecule has 129 heavy (non-hydrogen) atoms. The lowest BCUT2D eigenvalue weighted by Gasteiger charge is -2.37. The molecule has 0 saturated carbocycles. The van der Waals surface area contributed by atoms with Crippen LogP contribution in [0.2, 0.25) is 0 Å². The molecule has 0 rings (SSSR count). The van der Waals surface area contributed by atoms with Gasteiger partial charge in [0.25, 0.3) is 0 Å². The average Bonchev–Trinajstić information content (AvgIpc) is 0.833. The van der Waals surface area contributed by atoms with E-state index in [4.69, 9.17) is 5.73 Å². The third-order valence-corrected chi connectivity index (χ3v) is 23.4. The van der Waals surface area contributed by atoms with Crippen molar-refractivity contribution >= 4 is 94.5 Å². The highest BCUT2D eigenvalue weighted by molar-refractivity contribution is 5.97. The Morgan fingerprint density at radius 1 is 0.202 bits per heavy atom. The van der Waals surface area contributed by atoms with Crippen molar-refractivity contribution in [1.29, 1.82) is 0 Å². The smallest absolute Gasteiger partial charge is 0.242 e. The van der Waals surface area contributed by atoms with E-state index in [-0.39, 0.29) is 56.9 Å². The zero-order valence-electron chi connectivity index (χ0n) is 82.3. The predicted octanol–water partition coefficient (Wildman–Crippen LogP) is -0.658. The van der Waals surface area contributed by atoms with Gasteiger partial charge in [-0.2, -0.15) is 0 Å². The number of nitrogens with two attached hydrogens (primary N) is 1. The molecule has 16 amide bonds. The molecule has 0 saturated heterocycles. The summed E-state index contributed by atoms with van der Waals surface area (Å²) in [4.78, 5) is 247. The summed E-state index contributed by atoms with van der Waals surface area (Å²) in [6, 6.07) is -4.75. The van der Waals surface area contributed by atoms with Gasteiger partial charge in [0.1, 0.15) is 52.4 Å². The summed E-state index contributed by atoms with van der Waals surface area (Å²) in [5, 5.41) is 78.1. The first-order valence-electron chi connectivity index (χ1n) is 46.2. The maximum Gasteiger partial charge on any atom is 0.242 e. The van der Waals surface area contributed by atoms with Gasteiger partial charge in [0.15, 0.2) is 0 Å². The van der Waals surface area contributed by atoms with Gasteiger partial charge in [-0.1, -0.05) is 62.3 Å². The van der Waals surface area contributed by atoms with Crippen LogP contribution in [0.25, 0.3) is 0 Å². The average molecular weight is 1840 g/mol. The molecule has 0 bridgehead atoms. The molecule has 40 heteroatoms. The summed E-state index contributed by atoms with van der Waals surface area (Å²) in [6.45, 7) is 28.3. The molecule has 0 aliphatic heterocycles. The van der Waals surface area contributed by atoms with Crippen molar-refractivity contribution < 1.29 is 112 Å². The second kappa shape index (κ2) is 61.0. The van der Waals surface area contributed by atoms with Gasteiger partial charge in [-0.3, -0.25) is 76.7 Å². The third kappa shape index (κ3) is 43.4. The Kier molecular flexibility index (Phi) is 56.9. The zero-order valence-corrected chi connectivity index (χ0v) is 82.3. The molecular weight excluding hydrogens is 1680 g/mol. The van der Waals surface area contributed by atoms with E-state index in [9.17, 15) is 112 Å². The first-order valence-corrected chi connectivity index (χ1v) is 46.2. The van der Waals surface area contributed by atoms with Gasteiger partial charge in [0, 0.05) is 100 Å². The lowest BCUT2D eigenvalue weighted by atomic mass is 10.1. The molecule has 16 atom stereocenters. The minimum absolute atomic E-state index is 0.0206. The summed E-state index contributed by atoms with van der Waals surface area (Å²) < 4.78 is 0. The number of hydrogen-bond donors (Lipinski definition) is 9.